The number of hydrogen-bond acceptors (Lipinski definition) is 2. The third-order valence-electron chi connectivity index (χ3n) is 3.45. The van der Waals surface area contributed by atoms with Gasteiger partial charge in [0.25, 0.3) is 0 Å². The average molecular weight is 255 g/mol. The molecular formula is C17H21NO. The van der Waals surface area contributed by atoms with Crippen molar-refractivity contribution < 1.29 is 4.74 Å². The van der Waals surface area contributed by atoms with Crippen molar-refractivity contribution in [3.05, 3.63) is 64.2 Å². The van der Waals surface area contributed by atoms with Crippen LogP contribution in [0.5, 0.6) is 5.75 Å². The summed E-state index contributed by atoms with van der Waals surface area (Å²) in [5, 5.41) is 0. The summed E-state index contributed by atoms with van der Waals surface area (Å²) in [5.74, 6) is 0.945. The molecule has 0 aromatic heterocycles. The van der Waals surface area contributed by atoms with Crippen LogP contribution >= 0.6 is 0 Å². The van der Waals surface area contributed by atoms with Gasteiger partial charge in [0.2, 0.25) is 0 Å². The zero-order valence-corrected chi connectivity index (χ0v) is 12.0. The Balaban J connectivity index is 2.42. The van der Waals surface area contributed by atoms with Crippen LogP contribution in [0.15, 0.2) is 36.4 Å². The maximum Gasteiger partial charge on any atom is 0.124 e. The van der Waals surface area contributed by atoms with Gasteiger partial charge in [-0.3, -0.25) is 0 Å². The molecule has 0 heterocycles. The lowest BCUT2D eigenvalue weighted by molar-refractivity contribution is 0.408. The molecule has 0 saturated heterocycles. The van der Waals surface area contributed by atoms with Crippen molar-refractivity contribution in [3.8, 4) is 5.75 Å². The Morgan fingerprint density at radius 3 is 2.11 bits per heavy atom. The summed E-state index contributed by atoms with van der Waals surface area (Å²) in [7, 11) is 1.70. The van der Waals surface area contributed by atoms with E-state index in [0.717, 1.165) is 28.0 Å². The van der Waals surface area contributed by atoms with Crippen LogP contribution in [0.4, 0.5) is 0 Å². The minimum atomic E-state index is -0.0943. The normalized spacial score (nSPS) is 12.3. The highest BCUT2D eigenvalue weighted by atomic mass is 16.5. The highest BCUT2D eigenvalue weighted by molar-refractivity contribution is 5.46. The minimum absolute atomic E-state index is 0.0943. The predicted octanol–water partition coefficient (Wildman–Crippen LogP) is 3.67. The molecular weight excluding hydrogens is 234 g/mol. The number of rotatable bonds is 3. The van der Waals surface area contributed by atoms with Gasteiger partial charge in [0.1, 0.15) is 5.75 Å². The van der Waals surface area contributed by atoms with E-state index in [4.69, 9.17) is 10.5 Å². The van der Waals surface area contributed by atoms with E-state index in [-0.39, 0.29) is 6.04 Å². The SMILES string of the molecule is COc1c(C)cc(C(N)c2cccc(C)c2)cc1C. The summed E-state index contributed by atoms with van der Waals surface area (Å²) in [6, 6.07) is 12.5. The van der Waals surface area contributed by atoms with E-state index in [1.54, 1.807) is 7.11 Å². The molecule has 2 aromatic rings. The van der Waals surface area contributed by atoms with Gasteiger partial charge in [0.05, 0.1) is 13.2 Å². The summed E-state index contributed by atoms with van der Waals surface area (Å²) in [6.07, 6.45) is 0. The number of benzene rings is 2. The molecule has 0 bridgehead atoms. The van der Waals surface area contributed by atoms with Crippen molar-refractivity contribution in [3.63, 3.8) is 0 Å². The Bertz CT molecular complexity index is 567. The van der Waals surface area contributed by atoms with Crippen molar-refractivity contribution in [2.24, 2.45) is 5.73 Å². The molecule has 100 valence electrons. The van der Waals surface area contributed by atoms with Crippen LogP contribution in [0.2, 0.25) is 0 Å². The molecule has 0 spiro atoms. The monoisotopic (exact) mass is 255 g/mol. The van der Waals surface area contributed by atoms with Gasteiger partial charge in [-0.25, -0.2) is 0 Å². The zero-order valence-electron chi connectivity index (χ0n) is 12.0. The van der Waals surface area contributed by atoms with Crippen molar-refractivity contribution in [1.82, 2.24) is 0 Å². The number of methoxy groups -OCH3 is 1. The lowest BCUT2D eigenvalue weighted by Crippen LogP contribution is -2.12. The summed E-state index contributed by atoms with van der Waals surface area (Å²) in [5.41, 5.74) is 12.1. The predicted molar refractivity (Wildman–Crippen MR) is 79.7 cm³/mol. The van der Waals surface area contributed by atoms with Crippen molar-refractivity contribution >= 4 is 0 Å². The third-order valence-corrected chi connectivity index (χ3v) is 3.45. The van der Waals surface area contributed by atoms with Gasteiger partial charge >= 0.3 is 0 Å². The van der Waals surface area contributed by atoms with Crippen molar-refractivity contribution in [1.29, 1.82) is 0 Å². The molecule has 0 saturated carbocycles. The standard InChI is InChI=1S/C17H21NO/c1-11-6-5-7-14(8-11)16(18)15-9-12(2)17(19-4)13(3)10-15/h5-10,16H,18H2,1-4H3. The van der Waals surface area contributed by atoms with E-state index >= 15 is 0 Å². The van der Waals surface area contributed by atoms with Crippen LogP contribution in [0.3, 0.4) is 0 Å². The van der Waals surface area contributed by atoms with Crippen LogP contribution in [0.1, 0.15) is 33.9 Å². The van der Waals surface area contributed by atoms with Gasteiger partial charge in [-0.2, -0.15) is 0 Å². The highest BCUT2D eigenvalue weighted by Gasteiger charge is 2.12. The summed E-state index contributed by atoms with van der Waals surface area (Å²) < 4.78 is 5.39. The average Bonchev–Trinajstić information content (AvgIpc) is 2.37. The van der Waals surface area contributed by atoms with E-state index < -0.39 is 0 Å². The van der Waals surface area contributed by atoms with E-state index in [1.165, 1.54) is 5.56 Å². The molecule has 2 heteroatoms. The van der Waals surface area contributed by atoms with E-state index in [9.17, 15) is 0 Å². The van der Waals surface area contributed by atoms with E-state index in [2.05, 4.69) is 51.1 Å². The fourth-order valence-corrected chi connectivity index (χ4v) is 2.54. The Hall–Kier alpha value is -1.80. The fourth-order valence-electron chi connectivity index (χ4n) is 2.54. The van der Waals surface area contributed by atoms with Crippen molar-refractivity contribution in [2.45, 2.75) is 26.8 Å². The van der Waals surface area contributed by atoms with Crippen LogP contribution in [-0.4, -0.2) is 7.11 Å². The third kappa shape index (κ3) is 2.79. The number of nitrogens with two attached hydrogens (primary N) is 1. The molecule has 0 fully saturated rings. The molecule has 19 heavy (non-hydrogen) atoms. The molecule has 1 unspecified atom stereocenters. The molecule has 0 aliphatic rings. The summed E-state index contributed by atoms with van der Waals surface area (Å²) in [6.45, 7) is 6.19. The Morgan fingerprint density at radius 2 is 1.58 bits per heavy atom. The first-order valence-corrected chi connectivity index (χ1v) is 6.50. The van der Waals surface area contributed by atoms with Gasteiger partial charge in [0.15, 0.2) is 0 Å². The van der Waals surface area contributed by atoms with E-state index in [0.29, 0.717) is 0 Å². The molecule has 0 radical (unpaired) electrons. The first-order valence-electron chi connectivity index (χ1n) is 6.50. The lowest BCUT2D eigenvalue weighted by Gasteiger charge is -2.17. The lowest BCUT2D eigenvalue weighted by atomic mass is 9.95. The van der Waals surface area contributed by atoms with Gasteiger partial charge in [-0.05, 0) is 43.0 Å². The number of hydrogen-bond donors (Lipinski definition) is 1. The van der Waals surface area contributed by atoms with Crippen molar-refractivity contribution in [2.75, 3.05) is 7.11 Å². The zero-order chi connectivity index (χ0) is 14.0. The van der Waals surface area contributed by atoms with Crippen LogP contribution in [0, 0.1) is 20.8 Å². The van der Waals surface area contributed by atoms with Crippen LogP contribution in [0.25, 0.3) is 0 Å². The largest absolute Gasteiger partial charge is 0.496 e. The second-order valence-corrected chi connectivity index (χ2v) is 5.08. The second-order valence-electron chi connectivity index (χ2n) is 5.08. The second kappa shape index (κ2) is 5.45. The quantitative estimate of drug-likeness (QED) is 0.908. The fraction of sp³-hybridized carbons (Fsp3) is 0.294. The summed E-state index contributed by atoms with van der Waals surface area (Å²) >= 11 is 0. The molecule has 0 aliphatic carbocycles. The van der Waals surface area contributed by atoms with Gasteiger partial charge < -0.3 is 10.5 Å². The first-order chi connectivity index (χ1) is 9.02. The highest BCUT2D eigenvalue weighted by Crippen LogP contribution is 2.29. The van der Waals surface area contributed by atoms with E-state index in [1.807, 2.05) is 6.07 Å². The molecule has 2 nitrogen and oxygen atoms in total. The Kier molecular flexibility index (Phi) is 3.91. The molecule has 2 aromatic carbocycles. The molecule has 2 N–H and O–H groups in total. The van der Waals surface area contributed by atoms with Gasteiger partial charge in [-0.1, -0.05) is 42.0 Å². The smallest absolute Gasteiger partial charge is 0.124 e. The maximum atomic E-state index is 6.37. The Morgan fingerprint density at radius 1 is 0.947 bits per heavy atom. The van der Waals surface area contributed by atoms with Gasteiger partial charge in [-0.15, -0.1) is 0 Å². The number of aryl methyl sites for hydroxylation is 3. The minimum Gasteiger partial charge on any atom is -0.496 e. The van der Waals surface area contributed by atoms with Gasteiger partial charge in [0, 0.05) is 0 Å². The first kappa shape index (κ1) is 13.6. The topological polar surface area (TPSA) is 35.2 Å². The maximum absolute atomic E-state index is 6.37. The number of ether oxygens (including phenoxy) is 1. The molecule has 1 atom stereocenters. The molecule has 2 rings (SSSR count). The summed E-state index contributed by atoms with van der Waals surface area (Å²) in [4.78, 5) is 0. The molecule has 0 amide bonds. The molecule has 0 aliphatic heterocycles. The Labute approximate surface area is 115 Å². The van der Waals surface area contributed by atoms with Crippen LogP contribution in [-0.2, 0) is 0 Å². The van der Waals surface area contributed by atoms with Crippen LogP contribution < -0.4 is 10.5 Å².